The molecular weight excluding hydrogens is 340 g/mol. The van der Waals surface area contributed by atoms with Crippen molar-refractivity contribution in [2.45, 2.75) is 20.0 Å². The minimum absolute atomic E-state index is 0.620. The molecule has 0 bridgehead atoms. The second-order valence-corrected chi connectivity index (χ2v) is 6.17. The number of ether oxygens (including phenoxy) is 2. The van der Waals surface area contributed by atoms with Crippen molar-refractivity contribution in [2.75, 3.05) is 24.9 Å². The topological polar surface area (TPSA) is 68.3 Å². The van der Waals surface area contributed by atoms with Crippen LogP contribution >= 0.6 is 0 Å². The van der Waals surface area contributed by atoms with E-state index in [0.29, 0.717) is 24.6 Å². The van der Waals surface area contributed by atoms with Crippen LogP contribution in [0, 0.1) is 6.92 Å². The van der Waals surface area contributed by atoms with Crippen LogP contribution in [-0.2, 0) is 13.1 Å². The fraction of sp³-hybridized carbons (Fsp3) is 0.238. The number of benzene rings is 2. The van der Waals surface area contributed by atoms with E-state index in [1.54, 1.807) is 20.5 Å². The molecule has 27 heavy (non-hydrogen) atoms. The second kappa shape index (κ2) is 8.89. The van der Waals surface area contributed by atoms with E-state index in [9.17, 15) is 0 Å². The van der Waals surface area contributed by atoms with E-state index in [2.05, 4.69) is 51.8 Å². The quantitative estimate of drug-likeness (QED) is 0.629. The van der Waals surface area contributed by atoms with Crippen LogP contribution in [-0.4, -0.2) is 24.2 Å². The van der Waals surface area contributed by atoms with Crippen LogP contribution < -0.4 is 20.1 Å². The Morgan fingerprint density at radius 2 is 1.33 bits per heavy atom. The van der Waals surface area contributed by atoms with Crippen LogP contribution in [0.5, 0.6) is 11.5 Å². The Kier molecular flexibility index (Phi) is 6.10. The second-order valence-electron chi connectivity index (χ2n) is 6.17. The van der Waals surface area contributed by atoms with Gasteiger partial charge in [0.2, 0.25) is 0 Å². The van der Waals surface area contributed by atoms with E-state index in [4.69, 9.17) is 9.47 Å². The molecule has 0 aliphatic rings. The first-order valence-electron chi connectivity index (χ1n) is 8.74. The average Bonchev–Trinajstić information content (AvgIpc) is 2.72. The molecule has 6 heteroatoms. The maximum absolute atomic E-state index is 5.34. The largest absolute Gasteiger partial charge is 0.493 e. The summed E-state index contributed by atoms with van der Waals surface area (Å²) in [6, 6.07) is 16.2. The molecule has 3 aromatic rings. The molecular formula is C21H24N4O2. The number of nitrogens with zero attached hydrogens (tertiary/aromatic N) is 2. The van der Waals surface area contributed by atoms with E-state index in [0.717, 1.165) is 17.2 Å². The highest BCUT2D eigenvalue weighted by Crippen LogP contribution is 2.27. The van der Waals surface area contributed by atoms with Crippen molar-refractivity contribution in [3.05, 3.63) is 71.5 Å². The molecule has 0 fully saturated rings. The number of methoxy groups -OCH3 is 2. The van der Waals surface area contributed by atoms with Gasteiger partial charge in [-0.25, -0.2) is 9.97 Å². The third kappa shape index (κ3) is 5.10. The Labute approximate surface area is 159 Å². The molecule has 0 amide bonds. The van der Waals surface area contributed by atoms with Crippen LogP contribution in [0.1, 0.15) is 16.7 Å². The molecule has 2 aromatic carbocycles. The van der Waals surface area contributed by atoms with Crippen molar-refractivity contribution in [1.82, 2.24) is 9.97 Å². The van der Waals surface area contributed by atoms with Crippen molar-refractivity contribution in [2.24, 2.45) is 0 Å². The minimum Gasteiger partial charge on any atom is -0.493 e. The standard InChI is InChI=1S/C21H24N4O2/c1-15-4-6-16(7-5-15)12-22-20-11-21(25-14-24-20)23-13-17-8-9-18(26-2)19(10-17)27-3/h4-11,14H,12-13H2,1-3H3,(H2,22,23,24,25). The van der Waals surface area contributed by atoms with Crippen molar-refractivity contribution in [3.8, 4) is 11.5 Å². The molecule has 3 rings (SSSR count). The number of nitrogens with one attached hydrogen (secondary N) is 2. The fourth-order valence-electron chi connectivity index (χ4n) is 2.63. The van der Waals surface area contributed by atoms with E-state index in [1.165, 1.54) is 11.1 Å². The number of rotatable bonds is 8. The van der Waals surface area contributed by atoms with Crippen LogP contribution in [0.15, 0.2) is 54.9 Å². The highest BCUT2D eigenvalue weighted by molar-refractivity contribution is 5.48. The Morgan fingerprint density at radius 1 is 0.741 bits per heavy atom. The number of aromatic nitrogens is 2. The first kappa shape index (κ1) is 18.5. The molecule has 0 radical (unpaired) electrons. The maximum atomic E-state index is 5.34. The highest BCUT2D eigenvalue weighted by atomic mass is 16.5. The smallest absolute Gasteiger partial charge is 0.161 e. The van der Waals surface area contributed by atoms with Crippen LogP contribution in [0.4, 0.5) is 11.6 Å². The zero-order valence-corrected chi connectivity index (χ0v) is 15.8. The molecule has 0 aliphatic carbocycles. The van der Waals surface area contributed by atoms with Gasteiger partial charge < -0.3 is 20.1 Å². The molecule has 1 heterocycles. The highest BCUT2D eigenvalue weighted by Gasteiger charge is 2.05. The third-order valence-electron chi connectivity index (χ3n) is 4.18. The lowest BCUT2D eigenvalue weighted by Crippen LogP contribution is -2.05. The molecule has 140 valence electrons. The summed E-state index contributed by atoms with van der Waals surface area (Å²) in [5.74, 6) is 2.96. The molecule has 0 atom stereocenters. The van der Waals surface area contributed by atoms with Gasteiger partial charge in [-0.1, -0.05) is 35.9 Å². The predicted molar refractivity (Wildman–Crippen MR) is 107 cm³/mol. The van der Waals surface area contributed by atoms with E-state index in [1.807, 2.05) is 24.3 Å². The lowest BCUT2D eigenvalue weighted by molar-refractivity contribution is 0.354. The van der Waals surface area contributed by atoms with Crippen LogP contribution in [0.2, 0.25) is 0 Å². The number of hydrogen-bond acceptors (Lipinski definition) is 6. The van der Waals surface area contributed by atoms with E-state index < -0.39 is 0 Å². The van der Waals surface area contributed by atoms with Gasteiger partial charge in [0.05, 0.1) is 14.2 Å². The van der Waals surface area contributed by atoms with Gasteiger partial charge in [-0.05, 0) is 30.2 Å². The summed E-state index contributed by atoms with van der Waals surface area (Å²) in [5.41, 5.74) is 3.53. The molecule has 1 aromatic heterocycles. The molecule has 2 N–H and O–H groups in total. The van der Waals surface area contributed by atoms with Gasteiger partial charge in [0.1, 0.15) is 18.0 Å². The first-order chi connectivity index (χ1) is 13.2. The van der Waals surface area contributed by atoms with Crippen LogP contribution in [0.25, 0.3) is 0 Å². The number of aryl methyl sites for hydroxylation is 1. The summed E-state index contributed by atoms with van der Waals surface area (Å²) in [6.45, 7) is 3.42. The molecule has 0 aliphatic heterocycles. The summed E-state index contributed by atoms with van der Waals surface area (Å²) in [5, 5.41) is 6.63. The van der Waals surface area contributed by atoms with E-state index >= 15 is 0 Å². The number of hydrogen-bond donors (Lipinski definition) is 2. The zero-order valence-electron chi connectivity index (χ0n) is 15.8. The Morgan fingerprint density at radius 3 is 1.96 bits per heavy atom. The zero-order chi connectivity index (χ0) is 19.1. The average molecular weight is 364 g/mol. The molecule has 0 spiro atoms. The van der Waals surface area contributed by atoms with Gasteiger partial charge in [-0.15, -0.1) is 0 Å². The van der Waals surface area contributed by atoms with Gasteiger partial charge >= 0.3 is 0 Å². The predicted octanol–water partition coefficient (Wildman–Crippen LogP) is 4.03. The van der Waals surface area contributed by atoms with Crippen molar-refractivity contribution >= 4 is 11.6 Å². The normalized spacial score (nSPS) is 10.3. The van der Waals surface area contributed by atoms with Gasteiger partial charge in [0.25, 0.3) is 0 Å². The van der Waals surface area contributed by atoms with Crippen molar-refractivity contribution in [3.63, 3.8) is 0 Å². The molecule has 0 saturated heterocycles. The fourth-order valence-corrected chi connectivity index (χ4v) is 2.63. The summed E-state index contributed by atoms with van der Waals surface area (Å²) in [4.78, 5) is 8.56. The Hall–Kier alpha value is -3.28. The Bertz CT molecular complexity index is 882. The lowest BCUT2D eigenvalue weighted by atomic mass is 10.1. The van der Waals surface area contributed by atoms with Gasteiger partial charge in [-0.2, -0.15) is 0 Å². The molecule has 6 nitrogen and oxygen atoms in total. The number of anilines is 2. The van der Waals surface area contributed by atoms with Gasteiger partial charge in [-0.3, -0.25) is 0 Å². The van der Waals surface area contributed by atoms with E-state index in [-0.39, 0.29) is 0 Å². The van der Waals surface area contributed by atoms with Crippen molar-refractivity contribution in [1.29, 1.82) is 0 Å². The lowest BCUT2D eigenvalue weighted by Gasteiger charge is -2.11. The first-order valence-corrected chi connectivity index (χ1v) is 8.74. The minimum atomic E-state index is 0.620. The summed E-state index contributed by atoms with van der Waals surface area (Å²) in [6.07, 6.45) is 1.55. The molecule has 0 unspecified atom stereocenters. The summed E-state index contributed by atoms with van der Waals surface area (Å²) < 4.78 is 10.6. The van der Waals surface area contributed by atoms with Crippen molar-refractivity contribution < 1.29 is 9.47 Å². The van der Waals surface area contributed by atoms with Crippen LogP contribution in [0.3, 0.4) is 0 Å². The van der Waals surface area contributed by atoms with Gasteiger partial charge in [0, 0.05) is 19.2 Å². The Balaban J connectivity index is 1.59. The summed E-state index contributed by atoms with van der Waals surface area (Å²) >= 11 is 0. The van der Waals surface area contributed by atoms with Gasteiger partial charge in [0.15, 0.2) is 11.5 Å². The summed E-state index contributed by atoms with van der Waals surface area (Å²) in [7, 11) is 3.26. The molecule has 0 saturated carbocycles. The third-order valence-corrected chi connectivity index (χ3v) is 4.18. The monoisotopic (exact) mass is 364 g/mol. The maximum Gasteiger partial charge on any atom is 0.161 e. The SMILES string of the molecule is COc1ccc(CNc2cc(NCc3ccc(C)cc3)ncn2)cc1OC.